The summed E-state index contributed by atoms with van der Waals surface area (Å²) < 4.78 is 0. The molecule has 0 radical (unpaired) electrons. The van der Waals surface area contributed by atoms with E-state index in [1.807, 2.05) is 6.26 Å². The van der Waals surface area contributed by atoms with E-state index in [4.69, 9.17) is 0 Å². The van der Waals surface area contributed by atoms with Gasteiger partial charge in [0.05, 0.1) is 10.5 Å². The number of aromatic nitrogens is 1. The van der Waals surface area contributed by atoms with E-state index in [1.165, 1.54) is 43.9 Å². The molecular weight excluding hydrogens is 308 g/mol. The van der Waals surface area contributed by atoms with E-state index in [1.54, 1.807) is 18.3 Å². The maximum absolute atomic E-state index is 12.8. The molecule has 0 aliphatic heterocycles. The molecule has 0 amide bonds. The lowest BCUT2D eigenvalue weighted by molar-refractivity contribution is 0.0968. The fourth-order valence-corrected chi connectivity index (χ4v) is 4.17. The van der Waals surface area contributed by atoms with E-state index in [2.05, 4.69) is 17.2 Å². The SMILES string of the molecule is CSC1=C(N[C@@H](C)C2CCCCC2)C(=O)c2cccnc2C1=O. The number of pyridine rings is 1. The highest BCUT2D eigenvalue weighted by molar-refractivity contribution is 8.03. The van der Waals surface area contributed by atoms with Crippen molar-refractivity contribution >= 4 is 23.3 Å². The molecule has 0 bridgehead atoms. The van der Waals surface area contributed by atoms with Crippen molar-refractivity contribution in [1.29, 1.82) is 0 Å². The fourth-order valence-electron chi connectivity index (χ4n) is 3.53. The van der Waals surface area contributed by atoms with Crippen LogP contribution in [0.15, 0.2) is 28.9 Å². The predicted octanol–water partition coefficient (Wildman–Crippen LogP) is 3.59. The van der Waals surface area contributed by atoms with Crippen molar-refractivity contribution in [3.63, 3.8) is 0 Å². The number of nitrogens with zero attached hydrogens (tertiary/aromatic N) is 1. The minimum absolute atomic E-state index is 0.111. The highest BCUT2D eigenvalue weighted by Crippen LogP contribution is 2.32. The minimum Gasteiger partial charge on any atom is -0.378 e. The van der Waals surface area contributed by atoms with Gasteiger partial charge in [-0.2, -0.15) is 0 Å². The van der Waals surface area contributed by atoms with Crippen molar-refractivity contribution < 1.29 is 9.59 Å². The molecule has 1 atom stereocenters. The van der Waals surface area contributed by atoms with Crippen molar-refractivity contribution in [2.45, 2.75) is 45.1 Å². The number of carbonyl (C=O) groups is 2. The first-order valence-corrected chi connectivity index (χ1v) is 9.45. The van der Waals surface area contributed by atoms with Crippen molar-refractivity contribution in [1.82, 2.24) is 10.3 Å². The second-order valence-electron chi connectivity index (χ2n) is 6.30. The molecule has 0 aromatic carbocycles. The third kappa shape index (κ3) is 3.07. The van der Waals surface area contributed by atoms with Crippen molar-refractivity contribution in [3.05, 3.63) is 40.2 Å². The Morgan fingerprint density at radius 3 is 2.65 bits per heavy atom. The molecule has 0 saturated heterocycles. The highest BCUT2D eigenvalue weighted by atomic mass is 32.2. The Morgan fingerprint density at radius 2 is 1.96 bits per heavy atom. The van der Waals surface area contributed by atoms with Crippen LogP contribution in [-0.4, -0.2) is 28.8 Å². The van der Waals surface area contributed by atoms with Crippen molar-refractivity contribution in [2.75, 3.05) is 6.26 Å². The molecule has 5 heteroatoms. The Labute approximate surface area is 141 Å². The number of thioether (sulfide) groups is 1. The van der Waals surface area contributed by atoms with Crippen LogP contribution in [0.4, 0.5) is 0 Å². The van der Waals surface area contributed by atoms with Gasteiger partial charge in [-0.1, -0.05) is 19.3 Å². The summed E-state index contributed by atoms with van der Waals surface area (Å²) in [6, 6.07) is 3.59. The molecule has 1 fully saturated rings. The van der Waals surface area contributed by atoms with Crippen LogP contribution in [0, 0.1) is 5.92 Å². The summed E-state index contributed by atoms with van der Waals surface area (Å²) in [6.07, 6.45) is 9.59. The third-order valence-electron chi connectivity index (χ3n) is 4.86. The average Bonchev–Trinajstić information content (AvgIpc) is 2.60. The summed E-state index contributed by atoms with van der Waals surface area (Å²) in [5, 5.41) is 3.37. The number of carbonyl (C=O) groups excluding carboxylic acids is 2. The first kappa shape index (κ1) is 16.2. The average molecular weight is 330 g/mol. The van der Waals surface area contributed by atoms with Crippen LogP contribution in [0.1, 0.15) is 59.9 Å². The molecule has 0 unspecified atom stereocenters. The van der Waals surface area contributed by atoms with Crippen LogP contribution in [0.25, 0.3) is 0 Å². The predicted molar refractivity (Wildman–Crippen MR) is 92.6 cm³/mol. The van der Waals surface area contributed by atoms with Crippen molar-refractivity contribution in [2.24, 2.45) is 5.92 Å². The van der Waals surface area contributed by atoms with Crippen molar-refractivity contribution in [3.8, 4) is 0 Å². The zero-order chi connectivity index (χ0) is 16.4. The van der Waals surface area contributed by atoms with E-state index in [0.29, 0.717) is 22.1 Å². The van der Waals surface area contributed by atoms with Crippen LogP contribution >= 0.6 is 11.8 Å². The molecule has 1 aromatic heterocycles. The van der Waals surface area contributed by atoms with Gasteiger partial charge in [0.25, 0.3) is 0 Å². The highest BCUT2D eigenvalue weighted by Gasteiger charge is 2.34. The molecule has 1 saturated carbocycles. The third-order valence-corrected chi connectivity index (χ3v) is 5.66. The van der Waals surface area contributed by atoms with Gasteiger partial charge in [0.2, 0.25) is 11.6 Å². The van der Waals surface area contributed by atoms with E-state index in [-0.39, 0.29) is 23.3 Å². The number of ketones is 2. The van der Waals surface area contributed by atoms with Gasteiger partial charge in [-0.25, -0.2) is 0 Å². The lowest BCUT2D eigenvalue weighted by atomic mass is 9.84. The molecule has 1 aromatic rings. The van der Waals surface area contributed by atoms with E-state index < -0.39 is 0 Å². The Hall–Kier alpha value is -1.62. The van der Waals surface area contributed by atoms with Gasteiger partial charge in [-0.3, -0.25) is 14.6 Å². The summed E-state index contributed by atoms with van der Waals surface area (Å²) in [5.74, 6) is 0.309. The quantitative estimate of drug-likeness (QED) is 0.914. The molecular formula is C18H22N2O2S. The molecule has 4 nitrogen and oxygen atoms in total. The molecule has 1 N–H and O–H groups in total. The second kappa shape index (κ2) is 6.87. The molecule has 3 rings (SSSR count). The van der Waals surface area contributed by atoms with Gasteiger partial charge in [-0.15, -0.1) is 11.8 Å². The van der Waals surface area contributed by atoms with Gasteiger partial charge in [0, 0.05) is 12.2 Å². The Morgan fingerprint density at radius 1 is 1.22 bits per heavy atom. The zero-order valence-corrected chi connectivity index (χ0v) is 14.4. The van der Waals surface area contributed by atoms with Gasteiger partial charge in [0.1, 0.15) is 11.4 Å². The van der Waals surface area contributed by atoms with Gasteiger partial charge >= 0.3 is 0 Å². The standard InChI is InChI=1S/C18H22N2O2S/c1-11(12-7-4-3-5-8-12)20-15-16(21)13-9-6-10-19-14(13)17(22)18(15)23-2/h6,9-12,20H,3-5,7-8H2,1-2H3/t11-/m0/s1. The minimum atomic E-state index is -0.147. The number of fused-ring (bicyclic) bond motifs is 1. The maximum Gasteiger partial charge on any atom is 0.220 e. The lowest BCUT2D eigenvalue weighted by Crippen LogP contribution is -2.39. The normalized spacial score (nSPS) is 20.4. The van der Waals surface area contributed by atoms with Crippen LogP contribution in [0.3, 0.4) is 0 Å². The van der Waals surface area contributed by atoms with Crippen LogP contribution < -0.4 is 5.32 Å². The molecule has 23 heavy (non-hydrogen) atoms. The first-order valence-electron chi connectivity index (χ1n) is 8.22. The number of allylic oxidation sites excluding steroid dienone is 2. The number of hydrogen-bond donors (Lipinski definition) is 1. The van der Waals surface area contributed by atoms with Gasteiger partial charge in [-0.05, 0) is 44.1 Å². The van der Waals surface area contributed by atoms with E-state index >= 15 is 0 Å². The van der Waals surface area contributed by atoms with E-state index in [0.717, 1.165) is 0 Å². The Bertz CT molecular complexity index is 663. The summed E-state index contributed by atoms with van der Waals surface area (Å²) in [6.45, 7) is 2.12. The maximum atomic E-state index is 12.8. The number of nitrogens with one attached hydrogen (secondary N) is 1. The summed E-state index contributed by atoms with van der Waals surface area (Å²) in [7, 11) is 0. The first-order chi connectivity index (χ1) is 11.1. The smallest absolute Gasteiger partial charge is 0.220 e. The van der Waals surface area contributed by atoms with E-state index in [9.17, 15) is 9.59 Å². The van der Waals surface area contributed by atoms with Gasteiger partial charge in [0.15, 0.2) is 0 Å². The molecule has 122 valence electrons. The van der Waals surface area contributed by atoms with Crippen LogP contribution in [-0.2, 0) is 0 Å². The second-order valence-corrected chi connectivity index (χ2v) is 7.11. The van der Waals surface area contributed by atoms with Crippen LogP contribution in [0.2, 0.25) is 0 Å². The number of Topliss-reactive ketones (excluding diaryl/α,β-unsaturated/α-hetero) is 2. The summed E-state index contributed by atoms with van der Waals surface area (Å²) in [5.41, 5.74) is 1.15. The lowest BCUT2D eigenvalue weighted by Gasteiger charge is -2.31. The zero-order valence-electron chi connectivity index (χ0n) is 13.6. The summed E-state index contributed by atoms with van der Waals surface area (Å²) >= 11 is 1.32. The molecule has 1 heterocycles. The Balaban J connectivity index is 1.89. The van der Waals surface area contributed by atoms with Crippen LogP contribution in [0.5, 0.6) is 0 Å². The number of hydrogen-bond acceptors (Lipinski definition) is 5. The molecule has 0 spiro atoms. The fraction of sp³-hybridized carbons (Fsp3) is 0.500. The largest absolute Gasteiger partial charge is 0.378 e. The Kier molecular flexibility index (Phi) is 4.85. The molecule has 2 aliphatic carbocycles. The number of rotatable bonds is 4. The monoisotopic (exact) mass is 330 g/mol. The summed E-state index contributed by atoms with van der Waals surface area (Å²) in [4.78, 5) is 30.0. The molecule has 2 aliphatic rings. The van der Waals surface area contributed by atoms with Gasteiger partial charge < -0.3 is 5.32 Å². The topological polar surface area (TPSA) is 59.1 Å².